The van der Waals surface area contributed by atoms with Crippen LogP contribution in [0.3, 0.4) is 0 Å². The van der Waals surface area contributed by atoms with Gasteiger partial charge in [-0.05, 0) is 18.2 Å². The van der Waals surface area contributed by atoms with Crippen molar-refractivity contribution in [1.29, 1.82) is 0 Å². The molecule has 0 saturated carbocycles. The monoisotopic (exact) mass is 344 g/mol. The lowest BCUT2D eigenvalue weighted by atomic mass is 10.1. The van der Waals surface area contributed by atoms with Gasteiger partial charge in [0, 0.05) is 18.0 Å². The molecule has 9 heteroatoms. The fourth-order valence-corrected chi connectivity index (χ4v) is 2.65. The van der Waals surface area contributed by atoms with Crippen LogP contribution in [0.4, 0.5) is 13.2 Å². The van der Waals surface area contributed by atoms with Crippen molar-refractivity contribution in [3.63, 3.8) is 0 Å². The minimum absolute atomic E-state index is 0.0437. The Balaban J connectivity index is 2.12. The Bertz CT molecular complexity index is 743. The maximum atomic E-state index is 12.5. The summed E-state index contributed by atoms with van der Waals surface area (Å²) in [6, 6.07) is 5.42. The number of nitrogens with zero attached hydrogens (tertiary/aromatic N) is 2. The van der Waals surface area contributed by atoms with Gasteiger partial charge in [0.05, 0.1) is 12.1 Å². The van der Waals surface area contributed by atoms with Crippen molar-refractivity contribution in [3.05, 3.63) is 51.5 Å². The van der Waals surface area contributed by atoms with Crippen LogP contribution in [-0.2, 0) is 12.7 Å². The zero-order valence-corrected chi connectivity index (χ0v) is 12.6. The highest BCUT2D eigenvalue weighted by Gasteiger charge is 2.33. The minimum atomic E-state index is -4.52. The van der Waals surface area contributed by atoms with Crippen molar-refractivity contribution in [3.8, 4) is 0 Å². The maximum Gasteiger partial charge on any atom is 0.434 e. The van der Waals surface area contributed by atoms with E-state index in [1.165, 1.54) is 36.2 Å². The summed E-state index contributed by atoms with van der Waals surface area (Å²) < 4.78 is 37.5. The zero-order valence-electron chi connectivity index (χ0n) is 11.8. The van der Waals surface area contributed by atoms with Gasteiger partial charge in [0.25, 0.3) is 5.91 Å². The Morgan fingerprint density at radius 1 is 1.30 bits per heavy atom. The number of amides is 1. The molecular formula is C14H11F3N2O3S. The fourth-order valence-electron chi connectivity index (χ4n) is 1.79. The molecule has 2 aromatic rings. The van der Waals surface area contributed by atoms with Gasteiger partial charge in [0.15, 0.2) is 5.69 Å². The molecule has 0 unspecified atom stereocenters. The first kappa shape index (κ1) is 16.9. The fraction of sp³-hybridized carbons (Fsp3) is 0.214. The Hall–Kier alpha value is -2.42. The minimum Gasteiger partial charge on any atom is -0.478 e. The Labute approximate surface area is 133 Å². The lowest BCUT2D eigenvalue weighted by molar-refractivity contribution is -0.140. The highest BCUT2D eigenvalue weighted by molar-refractivity contribution is 7.09. The van der Waals surface area contributed by atoms with Crippen molar-refractivity contribution in [2.24, 2.45) is 0 Å². The maximum absolute atomic E-state index is 12.5. The average Bonchev–Trinajstić information content (AvgIpc) is 2.95. The number of rotatable bonds is 4. The van der Waals surface area contributed by atoms with Gasteiger partial charge in [-0.25, -0.2) is 9.78 Å². The number of carbonyl (C=O) groups excluding carboxylic acids is 1. The molecular weight excluding hydrogens is 333 g/mol. The number of benzene rings is 1. The molecule has 122 valence electrons. The Kier molecular flexibility index (Phi) is 4.69. The number of thiazole rings is 1. The van der Waals surface area contributed by atoms with Gasteiger partial charge in [-0.3, -0.25) is 4.79 Å². The van der Waals surface area contributed by atoms with Crippen molar-refractivity contribution in [1.82, 2.24) is 9.88 Å². The van der Waals surface area contributed by atoms with Gasteiger partial charge < -0.3 is 10.0 Å². The number of aromatic carboxylic acids is 1. The summed E-state index contributed by atoms with van der Waals surface area (Å²) in [7, 11) is 1.41. The number of alkyl halides is 3. The van der Waals surface area contributed by atoms with Gasteiger partial charge in [-0.1, -0.05) is 6.07 Å². The summed E-state index contributed by atoms with van der Waals surface area (Å²) in [6.07, 6.45) is -4.52. The number of carboxylic acids is 1. The molecule has 1 aromatic heterocycles. The van der Waals surface area contributed by atoms with E-state index >= 15 is 0 Å². The third kappa shape index (κ3) is 4.07. The normalized spacial score (nSPS) is 11.3. The van der Waals surface area contributed by atoms with Gasteiger partial charge in [0.1, 0.15) is 5.01 Å². The predicted octanol–water partition coefficient (Wildman–Crippen LogP) is 3.13. The van der Waals surface area contributed by atoms with E-state index in [2.05, 4.69) is 4.98 Å². The second kappa shape index (κ2) is 6.37. The zero-order chi connectivity index (χ0) is 17.2. The molecule has 0 spiro atoms. The van der Waals surface area contributed by atoms with Crippen LogP contribution < -0.4 is 0 Å². The number of hydrogen-bond acceptors (Lipinski definition) is 4. The van der Waals surface area contributed by atoms with E-state index in [1.54, 1.807) is 0 Å². The molecule has 2 rings (SSSR count). The van der Waals surface area contributed by atoms with Gasteiger partial charge in [0.2, 0.25) is 0 Å². The molecule has 0 aliphatic heterocycles. The van der Waals surface area contributed by atoms with Crippen LogP contribution in [-0.4, -0.2) is 33.9 Å². The Morgan fingerprint density at radius 3 is 2.52 bits per heavy atom. The topological polar surface area (TPSA) is 70.5 Å². The summed E-state index contributed by atoms with van der Waals surface area (Å²) in [6.45, 7) is -0.100. The third-order valence-corrected chi connectivity index (χ3v) is 3.75. The van der Waals surface area contributed by atoms with Crippen LogP contribution in [0.1, 0.15) is 31.4 Å². The average molecular weight is 344 g/mol. The van der Waals surface area contributed by atoms with E-state index in [-0.39, 0.29) is 22.7 Å². The highest BCUT2D eigenvalue weighted by atomic mass is 32.1. The number of halogens is 3. The van der Waals surface area contributed by atoms with E-state index < -0.39 is 23.7 Å². The van der Waals surface area contributed by atoms with Crippen molar-refractivity contribution < 1.29 is 27.9 Å². The summed E-state index contributed by atoms with van der Waals surface area (Å²) in [4.78, 5) is 27.7. The quantitative estimate of drug-likeness (QED) is 0.925. The molecule has 5 nitrogen and oxygen atoms in total. The molecule has 0 fully saturated rings. The summed E-state index contributed by atoms with van der Waals surface area (Å²) in [5.74, 6) is -1.67. The molecule has 0 aliphatic carbocycles. The van der Waals surface area contributed by atoms with E-state index in [0.717, 1.165) is 16.7 Å². The smallest absolute Gasteiger partial charge is 0.434 e. The molecule has 23 heavy (non-hydrogen) atoms. The van der Waals surface area contributed by atoms with E-state index in [4.69, 9.17) is 5.11 Å². The molecule has 1 aromatic carbocycles. The second-order valence-electron chi connectivity index (χ2n) is 4.67. The van der Waals surface area contributed by atoms with E-state index in [1.807, 2.05) is 0 Å². The van der Waals surface area contributed by atoms with Gasteiger partial charge in [-0.15, -0.1) is 11.3 Å². The largest absolute Gasteiger partial charge is 0.478 e. The number of hydrogen-bond donors (Lipinski definition) is 1. The van der Waals surface area contributed by atoms with Crippen LogP contribution in [0.2, 0.25) is 0 Å². The van der Waals surface area contributed by atoms with Crippen molar-refractivity contribution >= 4 is 23.2 Å². The van der Waals surface area contributed by atoms with Crippen LogP contribution in [0.15, 0.2) is 29.6 Å². The Morgan fingerprint density at radius 2 is 1.96 bits per heavy atom. The first-order valence-electron chi connectivity index (χ1n) is 6.29. The third-order valence-electron chi connectivity index (χ3n) is 2.92. The number of carboxylic acid groups (broad SMARTS) is 1. The molecule has 1 N–H and O–H groups in total. The van der Waals surface area contributed by atoms with Crippen LogP contribution >= 0.6 is 11.3 Å². The lowest BCUT2D eigenvalue weighted by Crippen LogP contribution is -2.26. The molecule has 1 heterocycles. The summed E-state index contributed by atoms with van der Waals surface area (Å²) in [5, 5.41) is 9.93. The van der Waals surface area contributed by atoms with Crippen LogP contribution in [0.5, 0.6) is 0 Å². The highest BCUT2D eigenvalue weighted by Crippen LogP contribution is 2.30. The summed E-state index contributed by atoms with van der Waals surface area (Å²) >= 11 is 0.806. The van der Waals surface area contributed by atoms with Gasteiger partial charge >= 0.3 is 12.1 Å². The SMILES string of the molecule is CN(Cc1nc(C(F)(F)F)cs1)C(=O)c1cccc(C(=O)O)c1. The molecule has 0 saturated heterocycles. The summed E-state index contributed by atoms with van der Waals surface area (Å²) in [5.41, 5.74) is -0.899. The molecule has 0 radical (unpaired) electrons. The van der Waals surface area contributed by atoms with Crippen LogP contribution in [0.25, 0.3) is 0 Å². The standard InChI is InChI=1S/C14H11F3N2O3S/c1-19(6-11-18-10(7-23-11)14(15,16)17)12(20)8-3-2-4-9(5-8)13(21)22/h2-5,7H,6H2,1H3,(H,21,22). The lowest BCUT2D eigenvalue weighted by Gasteiger charge is -2.16. The van der Waals surface area contributed by atoms with Gasteiger partial charge in [-0.2, -0.15) is 13.2 Å². The molecule has 0 atom stereocenters. The number of carbonyl (C=O) groups is 2. The van der Waals surface area contributed by atoms with E-state index in [9.17, 15) is 22.8 Å². The molecule has 0 aliphatic rings. The first-order valence-corrected chi connectivity index (χ1v) is 7.17. The number of aromatic nitrogens is 1. The molecule has 0 bridgehead atoms. The predicted molar refractivity (Wildman–Crippen MR) is 76.3 cm³/mol. The molecule has 1 amide bonds. The van der Waals surface area contributed by atoms with Crippen LogP contribution in [0, 0.1) is 0 Å². The van der Waals surface area contributed by atoms with Crippen molar-refractivity contribution in [2.75, 3.05) is 7.05 Å². The second-order valence-corrected chi connectivity index (χ2v) is 5.61. The van der Waals surface area contributed by atoms with E-state index in [0.29, 0.717) is 0 Å². The van der Waals surface area contributed by atoms with Crippen molar-refractivity contribution in [2.45, 2.75) is 12.7 Å². The first-order chi connectivity index (χ1) is 10.7.